The SMILES string of the molecule is O=C1c2ccccc2C(=O)N1OCCCCc1ccc(F)cc1. The van der Waals surface area contributed by atoms with Crippen molar-refractivity contribution in [2.24, 2.45) is 0 Å². The van der Waals surface area contributed by atoms with E-state index < -0.39 is 11.8 Å². The first-order chi connectivity index (χ1) is 11.2. The van der Waals surface area contributed by atoms with E-state index in [1.165, 1.54) is 12.1 Å². The van der Waals surface area contributed by atoms with Crippen LogP contribution < -0.4 is 0 Å². The van der Waals surface area contributed by atoms with Gasteiger partial charge in [0.2, 0.25) is 0 Å². The molecule has 1 aliphatic rings. The second-order valence-electron chi connectivity index (χ2n) is 5.37. The first-order valence-electron chi connectivity index (χ1n) is 7.52. The Hall–Kier alpha value is -2.53. The van der Waals surface area contributed by atoms with Crippen molar-refractivity contribution in [2.75, 3.05) is 6.61 Å². The van der Waals surface area contributed by atoms with Gasteiger partial charge in [-0.15, -0.1) is 5.06 Å². The molecule has 0 saturated carbocycles. The van der Waals surface area contributed by atoms with Gasteiger partial charge in [0.25, 0.3) is 11.8 Å². The minimum Gasteiger partial charge on any atom is -0.266 e. The maximum absolute atomic E-state index is 12.8. The van der Waals surface area contributed by atoms with E-state index in [0.717, 1.165) is 23.5 Å². The molecule has 2 aromatic rings. The Morgan fingerprint density at radius 3 is 2.09 bits per heavy atom. The Morgan fingerprint density at radius 2 is 1.48 bits per heavy atom. The van der Waals surface area contributed by atoms with Gasteiger partial charge in [0.1, 0.15) is 5.82 Å². The molecule has 0 spiro atoms. The summed E-state index contributed by atoms with van der Waals surface area (Å²) >= 11 is 0. The predicted molar refractivity (Wildman–Crippen MR) is 82.2 cm³/mol. The van der Waals surface area contributed by atoms with Crippen molar-refractivity contribution in [3.8, 4) is 0 Å². The average molecular weight is 313 g/mol. The van der Waals surface area contributed by atoms with Crippen LogP contribution in [0.2, 0.25) is 0 Å². The topological polar surface area (TPSA) is 46.6 Å². The molecule has 1 aliphatic heterocycles. The van der Waals surface area contributed by atoms with Crippen LogP contribution >= 0.6 is 0 Å². The lowest BCUT2D eigenvalue weighted by Gasteiger charge is -2.13. The second kappa shape index (κ2) is 6.71. The van der Waals surface area contributed by atoms with Gasteiger partial charge in [0, 0.05) is 0 Å². The summed E-state index contributed by atoms with van der Waals surface area (Å²) in [5, 5.41) is 0.836. The summed E-state index contributed by atoms with van der Waals surface area (Å²) < 4.78 is 12.8. The summed E-state index contributed by atoms with van der Waals surface area (Å²) in [5.74, 6) is -1.07. The molecule has 2 aromatic carbocycles. The summed E-state index contributed by atoms with van der Waals surface area (Å²) in [6.45, 7) is 0.284. The maximum atomic E-state index is 12.8. The highest BCUT2D eigenvalue weighted by molar-refractivity contribution is 6.20. The first kappa shape index (κ1) is 15.4. The van der Waals surface area contributed by atoms with Crippen LogP contribution in [-0.4, -0.2) is 23.5 Å². The number of amides is 2. The lowest BCUT2D eigenvalue weighted by Crippen LogP contribution is -2.30. The Balaban J connectivity index is 1.46. The number of halogens is 1. The van der Waals surface area contributed by atoms with E-state index in [0.29, 0.717) is 17.5 Å². The zero-order valence-corrected chi connectivity index (χ0v) is 12.5. The summed E-state index contributed by atoms with van der Waals surface area (Å²) in [6.07, 6.45) is 2.32. The van der Waals surface area contributed by atoms with Crippen LogP contribution in [-0.2, 0) is 11.3 Å². The van der Waals surface area contributed by atoms with E-state index in [-0.39, 0.29) is 12.4 Å². The van der Waals surface area contributed by atoms with E-state index >= 15 is 0 Å². The maximum Gasteiger partial charge on any atom is 0.285 e. The Labute approximate surface area is 133 Å². The number of hydrogen-bond donors (Lipinski definition) is 0. The summed E-state index contributed by atoms with van der Waals surface area (Å²) in [7, 11) is 0. The number of unbranched alkanes of at least 4 members (excludes halogenated alkanes) is 1. The lowest BCUT2D eigenvalue weighted by molar-refractivity contribution is -0.0921. The number of rotatable bonds is 6. The number of nitrogens with zero attached hydrogens (tertiary/aromatic N) is 1. The minimum absolute atomic E-state index is 0.247. The lowest BCUT2D eigenvalue weighted by atomic mass is 10.1. The number of fused-ring (bicyclic) bond motifs is 1. The van der Waals surface area contributed by atoms with Gasteiger partial charge >= 0.3 is 0 Å². The van der Waals surface area contributed by atoms with Crippen LogP contribution in [0.5, 0.6) is 0 Å². The molecule has 0 fully saturated rings. The molecule has 0 radical (unpaired) electrons. The van der Waals surface area contributed by atoms with Crippen molar-refractivity contribution in [2.45, 2.75) is 19.3 Å². The van der Waals surface area contributed by atoms with Crippen molar-refractivity contribution in [1.29, 1.82) is 0 Å². The third kappa shape index (κ3) is 3.29. The van der Waals surface area contributed by atoms with Crippen molar-refractivity contribution in [3.63, 3.8) is 0 Å². The van der Waals surface area contributed by atoms with Gasteiger partial charge < -0.3 is 0 Å². The van der Waals surface area contributed by atoms with Crippen LogP contribution in [0.25, 0.3) is 0 Å². The van der Waals surface area contributed by atoms with Crippen molar-refractivity contribution in [3.05, 3.63) is 71.0 Å². The minimum atomic E-state index is -0.413. The zero-order valence-electron chi connectivity index (χ0n) is 12.5. The fourth-order valence-electron chi connectivity index (χ4n) is 2.52. The molecule has 0 saturated heterocycles. The summed E-state index contributed by atoms with van der Waals surface area (Å²) in [6, 6.07) is 13.0. The molecule has 118 valence electrons. The number of imide groups is 1. The fourth-order valence-corrected chi connectivity index (χ4v) is 2.52. The molecule has 3 rings (SSSR count). The van der Waals surface area contributed by atoms with Crippen molar-refractivity contribution in [1.82, 2.24) is 5.06 Å². The van der Waals surface area contributed by atoms with Crippen molar-refractivity contribution >= 4 is 11.8 Å². The molecular weight excluding hydrogens is 297 g/mol. The highest BCUT2D eigenvalue weighted by Gasteiger charge is 2.36. The van der Waals surface area contributed by atoms with Crippen LogP contribution in [0.4, 0.5) is 4.39 Å². The number of aryl methyl sites for hydroxylation is 1. The fraction of sp³-hybridized carbons (Fsp3) is 0.222. The quantitative estimate of drug-likeness (QED) is 0.607. The van der Waals surface area contributed by atoms with E-state index in [4.69, 9.17) is 4.84 Å². The van der Waals surface area contributed by atoms with Gasteiger partial charge in [0.15, 0.2) is 0 Å². The third-order valence-corrected chi connectivity index (χ3v) is 3.75. The van der Waals surface area contributed by atoms with Crippen LogP contribution in [0.1, 0.15) is 39.1 Å². The molecule has 0 aromatic heterocycles. The number of hydroxylamine groups is 2. The standard InChI is InChI=1S/C18H16FNO3/c19-14-10-8-13(9-11-14)5-3-4-12-23-20-17(21)15-6-1-2-7-16(15)18(20)22/h1-2,6-11H,3-5,12H2. The molecule has 2 amide bonds. The normalized spacial score (nSPS) is 13.5. The van der Waals surface area contributed by atoms with E-state index in [9.17, 15) is 14.0 Å². The van der Waals surface area contributed by atoms with E-state index in [1.54, 1.807) is 36.4 Å². The molecule has 4 nitrogen and oxygen atoms in total. The Bertz CT molecular complexity index is 692. The van der Waals surface area contributed by atoms with E-state index in [2.05, 4.69) is 0 Å². The Morgan fingerprint density at radius 1 is 0.870 bits per heavy atom. The van der Waals surface area contributed by atoms with Crippen LogP contribution in [0.3, 0.4) is 0 Å². The average Bonchev–Trinajstić information content (AvgIpc) is 2.81. The van der Waals surface area contributed by atoms with Gasteiger partial charge in [-0.25, -0.2) is 4.39 Å². The van der Waals surface area contributed by atoms with Gasteiger partial charge in [-0.1, -0.05) is 24.3 Å². The molecule has 5 heteroatoms. The van der Waals surface area contributed by atoms with Gasteiger partial charge in [-0.3, -0.25) is 14.4 Å². The molecule has 0 atom stereocenters. The highest BCUT2D eigenvalue weighted by Crippen LogP contribution is 2.22. The van der Waals surface area contributed by atoms with Crippen molar-refractivity contribution < 1.29 is 18.8 Å². The second-order valence-corrected chi connectivity index (χ2v) is 5.37. The highest BCUT2D eigenvalue weighted by atomic mass is 19.1. The predicted octanol–water partition coefficient (Wildman–Crippen LogP) is 3.38. The summed E-state index contributed by atoms with van der Waals surface area (Å²) in [5.41, 5.74) is 1.81. The number of benzene rings is 2. The molecule has 0 bridgehead atoms. The first-order valence-corrected chi connectivity index (χ1v) is 7.52. The molecule has 0 N–H and O–H groups in total. The van der Waals surface area contributed by atoms with Crippen LogP contribution in [0, 0.1) is 5.82 Å². The third-order valence-electron chi connectivity index (χ3n) is 3.75. The smallest absolute Gasteiger partial charge is 0.266 e. The van der Waals surface area contributed by atoms with Gasteiger partial charge in [0.05, 0.1) is 17.7 Å². The molecule has 0 aliphatic carbocycles. The Kier molecular flexibility index (Phi) is 4.48. The van der Waals surface area contributed by atoms with E-state index in [1.807, 2.05) is 0 Å². The molecule has 1 heterocycles. The largest absolute Gasteiger partial charge is 0.285 e. The summed E-state index contributed by atoms with van der Waals surface area (Å²) in [4.78, 5) is 29.5. The number of hydrogen-bond acceptors (Lipinski definition) is 3. The molecular formula is C18H16FNO3. The van der Waals surface area contributed by atoms with Crippen LogP contribution in [0.15, 0.2) is 48.5 Å². The number of carbonyl (C=O) groups is 2. The zero-order chi connectivity index (χ0) is 16.2. The number of carbonyl (C=O) groups excluding carboxylic acids is 2. The molecule has 23 heavy (non-hydrogen) atoms. The monoisotopic (exact) mass is 313 g/mol. The molecule has 0 unspecified atom stereocenters. The van der Waals surface area contributed by atoms with Gasteiger partial charge in [-0.2, -0.15) is 0 Å². The van der Waals surface area contributed by atoms with Gasteiger partial charge in [-0.05, 0) is 49.1 Å².